The number of piperazine rings is 1. The molecule has 1 amide bonds. The van der Waals surface area contributed by atoms with Gasteiger partial charge in [-0.15, -0.1) is 0 Å². The van der Waals surface area contributed by atoms with Gasteiger partial charge in [-0.3, -0.25) is 9.69 Å². The highest BCUT2D eigenvalue weighted by atomic mass is 32.2. The first kappa shape index (κ1) is 25.0. The third-order valence-electron chi connectivity index (χ3n) is 5.64. The molecule has 8 heteroatoms. The zero-order valence-electron chi connectivity index (χ0n) is 19.4. The Balaban J connectivity index is 1.51. The van der Waals surface area contributed by atoms with Crippen LogP contribution in [0.15, 0.2) is 65.6 Å². The van der Waals surface area contributed by atoms with Gasteiger partial charge in [0.2, 0.25) is 15.9 Å². The van der Waals surface area contributed by atoms with E-state index < -0.39 is 10.0 Å². The fraction of sp³-hybridized carbons (Fsp3) is 0.400. The van der Waals surface area contributed by atoms with E-state index >= 15 is 0 Å². The predicted molar refractivity (Wildman–Crippen MR) is 131 cm³/mol. The molecular weight excluding hydrogens is 438 g/mol. The minimum Gasteiger partial charge on any atom is -0.494 e. The second-order valence-electron chi connectivity index (χ2n) is 7.83. The second kappa shape index (κ2) is 12.0. The Hall–Kier alpha value is -2.68. The van der Waals surface area contributed by atoms with Gasteiger partial charge in [-0.25, -0.2) is 8.42 Å². The number of carbonyl (C=O) groups excluding carboxylic acids is 1. The van der Waals surface area contributed by atoms with Crippen molar-refractivity contribution < 1.29 is 17.9 Å². The Labute approximate surface area is 197 Å². The number of carbonyl (C=O) groups is 1. The first-order valence-electron chi connectivity index (χ1n) is 11.4. The minimum atomic E-state index is -3.75. The van der Waals surface area contributed by atoms with Crippen LogP contribution in [-0.2, 0) is 14.8 Å². The lowest BCUT2D eigenvalue weighted by atomic mass is 10.2. The molecule has 1 fully saturated rings. The number of benzene rings is 2. The number of hydrogen-bond acceptors (Lipinski definition) is 5. The molecule has 1 aliphatic heterocycles. The quantitative estimate of drug-likeness (QED) is 0.533. The van der Waals surface area contributed by atoms with Crippen LogP contribution in [0, 0.1) is 0 Å². The maximum Gasteiger partial charge on any atom is 0.243 e. The Morgan fingerprint density at radius 1 is 1.00 bits per heavy atom. The van der Waals surface area contributed by atoms with Crippen molar-refractivity contribution in [1.29, 1.82) is 0 Å². The Kier molecular flexibility index (Phi) is 9.05. The summed E-state index contributed by atoms with van der Waals surface area (Å²) in [5.41, 5.74) is 1.17. The number of likely N-dealkylation sites (N-methyl/N-ethyl adjacent to an activating group) is 1. The standard InChI is InChI=1S/C25H33N3O4S/c1-3-28(33(30,31)24-14-12-23(13-15-24)32-4-2)21-25(29)27-19-17-26(18-20-27)16-8-11-22-9-6-5-7-10-22/h5-15H,3-4,16-21H2,1-2H3/b11-8+. The van der Waals surface area contributed by atoms with Gasteiger partial charge in [0, 0.05) is 39.3 Å². The van der Waals surface area contributed by atoms with E-state index in [1.807, 2.05) is 25.1 Å². The fourth-order valence-corrected chi connectivity index (χ4v) is 5.12. The third kappa shape index (κ3) is 6.90. The van der Waals surface area contributed by atoms with Crippen LogP contribution in [0.5, 0.6) is 5.75 Å². The summed E-state index contributed by atoms with van der Waals surface area (Å²) >= 11 is 0. The summed E-state index contributed by atoms with van der Waals surface area (Å²) < 4.78 is 32.7. The highest BCUT2D eigenvalue weighted by Gasteiger charge is 2.28. The zero-order valence-corrected chi connectivity index (χ0v) is 20.2. The van der Waals surface area contributed by atoms with Crippen LogP contribution >= 0.6 is 0 Å². The molecule has 0 saturated carbocycles. The summed E-state index contributed by atoms with van der Waals surface area (Å²) in [6, 6.07) is 16.5. The average molecular weight is 472 g/mol. The van der Waals surface area contributed by atoms with Gasteiger partial charge in [-0.1, -0.05) is 49.4 Å². The van der Waals surface area contributed by atoms with Gasteiger partial charge >= 0.3 is 0 Å². The molecule has 0 radical (unpaired) electrons. The third-order valence-corrected chi connectivity index (χ3v) is 7.57. The van der Waals surface area contributed by atoms with Gasteiger partial charge < -0.3 is 9.64 Å². The first-order valence-corrected chi connectivity index (χ1v) is 12.8. The number of amides is 1. The number of rotatable bonds is 10. The molecule has 0 aliphatic carbocycles. The molecule has 0 spiro atoms. The van der Waals surface area contributed by atoms with Crippen molar-refractivity contribution in [2.24, 2.45) is 0 Å². The first-order chi connectivity index (χ1) is 15.9. The minimum absolute atomic E-state index is 0.153. The van der Waals surface area contributed by atoms with Gasteiger partial charge in [-0.05, 0) is 36.8 Å². The van der Waals surface area contributed by atoms with Gasteiger partial charge in [0.25, 0.3) is 0 Å². The molecule has 1 heterocycles. The molecule has 0 bridgehead atoms. The molecule has 2 aromatic carbocycles. The van der Waals surface area contributed by atoms with E-state index in [0.717, 1.165) is 19.6 Å². The monoisotopic (exact) mass is 471 g/mol. The SMILES string of the molecule is CCOc1ccc(S(=O)(=O)N(CC)CC(=O)N2CCN(C/C=C/c3ccccc3)CC2)cc1. The highest BCUT2D eigenvalue weighted by Crippen LogP contribution is 2.20. The summed E-state index contributed by atoms with van der Waals surface area (Å²) in [4.78, 5) is 17.1. The van der Waals surface area contributed by atoms with Crippen molar-refractivity contribution in [3.8, 4) is 5.75 Å². The molecule has 0 unspecified atom stereocenters. The summed E-state index contributed by atoms with van der Waals surface area (Å²) in [6.07, 6.45) is 4.23. The fourth-order valence-electron chi connectivity index (χ4n) is 3.72. The lowest BCUT2D eigenvalue weighted by Crippen LogP contribution is -2.51. The maximum absolute atomic E-state index is 13.0. The number of ether oxygens (including phenoxy) is 1. The molecule has 0 N–H and O–H groups in total. The number of hydrogen-bond donors (Lipinski definition) is 0. The van der Waals surface area contributed by atoms with Crippen LogP contribution in [0.25, 0.3) is 6.08 Å². The normalized spacial score (nSPS) is 15.3. The van der Waals surface area contributed by atoms with E-state index in [4.69, 9.17) is 4.74 Å². The molecular formula is C25H33N3O4S. The summed E-state index contributed by atoms with van der Waals surface area (Å²) in [7, 11) is -3.75. The van der Waals surface area contributed by atoms with E-state index in [1.165, 1.54) is 22.0 Å². The van der Waals surface area contributed by atoms with Crippen molar-refractivity contribution in [2.75, 3.05) is 52.4 Å². The van der Waals surface area contributed by atoms with Crippen molar-refractivity contribution in [2.45, 2.75) is 18.7 Å². The van der Waals surface area contributed by atoms with Gasteiger partial charge in [-0.2, -0.15) is 4.31 Å². The smallest absolute Gasteiger partial charge is 0.243 e. The molecule has 1 saturated heterocycles. The van der Waals surface area contributed by atoms with Crippen LogP contribution in [0.1, 0.15) is 19.4 Å². The predicted octanol–water partition coefficient (Wildman–Crippen LogP) is 2.95. The van der Waals surface area contributed by atoms with Crippen molar-refractivity contribution in [1.82, 2.24) is 14.1 Å². The van der Waals surface area contributed by atoms with E-state index in [-0.39, 0.29) is 23.9 Å². The van der Waals surface area contributed by atoms with E-state index in [9.17, 15) is 13.2 Å². The molecule has 2 aromatic rings. The summed E-state index contributed by atoms with van der Waals surface area (Å²) in [5.74, 6) is 0.456. The van der Waals surface area contributed by atoms with Crippen LogP contribution in [-0.4, -0.2) is 80.9 Å². The maximum atomic E-state index is 13.0. The summed E-state index contributed by atoms with van der Waals surface area (Å²) in [5, 5.41) is 0. The van der Waals surface area contributed by atoms with Crippen LogP contribution < -0.4 is 4.74 Å². The highest BCUT2D eigenvalue weighted by molar-refractivity contribution is 7.89. The summed E-state index contributed by atoms with van der Waals surface area (Å²) in [6.45, 7) is 7.75. The van der Waals surface area contributed by atoms with Crippen molar-refractivity contribution in [3.63, 3.8) is 0 Å². The lowest BCUT2D eigenvalue weighted by molar-refractivity contribution is -0.133. The van der Waals surface area contributed by atoms with E-state index in [0.29, 0.717) is 25.4 Å². The molecule has 0 atom stereocenters. The lowest BCUT2D eigenvalue weighted by Gasteiger charge is -2.35. The average Bonchev–Trinajstić information content (AvgIpc) is 2.84. The zero-order chi connectivity index (χ0) is 23.7. The molecule has 33 heavy (non-hydrogen) atoms. The Morgan fingerprint density at radius 2 is 1.67 bits per heavy atom. The van der Waals surface area contributed by atoms with Gasteiger partial charge in [0.15, 0.2) is 0 Å². The van der Waals surface area contributed by atoms with E-state index in [2.05, 4.69) is 29.2 Å². The van der Waals surface area contributed by atoms with Gasteiger partial charge in [0.1, 0.15) is 5.75 Å². The molecule has 1 aliphatic rings. The Bertz CT molecular complexity index is 1020. The largest absolute Gasteiger partial charge is 0.494 e. The van der Waals surface area contributed by atoms with Crippen LogP contribution in [0.2, 0.25) is 0 Å². The molecule has 178 valence electrons. The topological polar surface area (TPSA) is 70.2 Å². The van der Waals surface area contributed by atoms with Crippen molar-refractivity contribution in [3.05, 3.63) is 66.2 Å². The second-order valence-corrected chi connectivity index (χ2v) is 9.77. The molecule has 3 rings (SSSR count). The number of nitrogens with zero attached hydrogens (tertiary/aromatic N) is 3. The van der Waals surface area contributed by atoms with Crippen molar-refractivity contribution >= 4 is 22.0 Å². The van der Waals surface area contributed by atoms with Crippen LogP contribution in [0.4, 0.5) is 0 Å². The molecule has 0 aromatic heterocycles. The van der Waals surface area contributed by atoms with Gasteiger partial charge in [0.05, 0.1) is 18.0 Å². The van der Waals surface area contributed by atoms with E-state index in [1.54, 1.807) is 24.0 Å². The number of sulfonamides is 1. The molecule has 7 nitrogen and oxygen atoms in total. The van der Waals surface area contributed by atoms with Crippen LogP contribution in [0.3, 0.4) is 0 Å². The Morgan fingerprint density at radius 3 is 2.27 bits per heavy atom.